The second-order valence-corrected chi connectivity index (χ2v) is 16.9. The lowest BCUT2D eigenvalue weighted by atomic mass is 10.00. The van der Waals surface area contributed by atoms with Crippen molar-refractivity contribution in [1.29, 1.82) is 0 Å². The maximum atomic E-state index is 6.18. The molecule has 4 heteroatoms. The Labute approximate surface area is 368 Å². The molecule has 0 aliphatic rings. The van der Waals surface area contributed by atoms with Gasteiger partial charge in [-0.1, -0.05) is 146 Å². The molecule has 0 amide bonds. The van der Waals surface area contributed by atoms with Crippen LogP contribution in [0.25, 0.3) is 110 Å². The summed E-state index contributed by atoms with van der Waals surface area (Å²) >= 11 is 0. The Morgan fingerprint density at radius 2 is 0.906 bits per heavy atom. The summed E-state index contributed by atoms with van der Waals surface area (Å²) < 4.78 is 11.1. The highest BCUT2D eigenvalue weighted by Crippen LogP contribution is 2.48. The Balaban J connectivity index is 0.966. The maximum absolute atomic E-state index is 6.18. The SMILES string of the molecule is c1ccc(-n2c3ccccc3c3cccc(-c4ccc(N(c5ccc(-c6ccc7oc8ccccc8c7c6)cc5)c5ccc6c7ccccc7n7c8ccccc8c5c67)cc4)c32)cc1. The quantitative estimate of drug-likeness (QED) is 0.167. The highest BCUT2D eigenvalue weighted by Gasteiger charge is 2.24. The first-order chi connectivity index (χ1) is 31.8. The van der Waals surface area contributed by atoms with Crippen molar-refractivity contribution < 1.29 is 4.42 Å². The first-order valence-electron chi connectivity index (χ1n) is 21.9. The minimum atomic E-state index is 0.903. The first-order valence-corrected chi connectivity index (χ1v) is 21.9. The van der Waals surface area contributed by atoms with Crippen LogP contribution in [-0.2, 0) is 0 Å². The average Bonchev–Trinajstić information content (AvgIpc) is 4.11. The van der Waals surface area contributed by atoms with Crippen molar-refractivity contribution in [3.63, 3.8) is 0 Å². The fourth-order valence-electron chi connectivity index (χ4n) is 10.7. The maximum Gasteiger partial charge on any atom is 0.135 e. The molecule has 14 rings (SSSR count). The van der Waals surface area contributed by atoms with Gasteiger partial charge in [-0.3, -0.25) is 0 Å². The number of benzene rings is 10. The Bertz CT molecular complexity index is 4120. The van der Waals surface area contributed by atoms with E-state index >= 15 is 0 Å². The number of rotatable bonds is 6. The molecule has 0 bridgehead atoms. The van der Waals surface area contributed by atoms with Crippen LogP contribution in [0.15, 0.2) is 229 Å². The van der Waals surface area contributed by atoms with E-state index in [0.29, 0.717) is 0 Å². The molecule has 14 aromatic rings. The van der Waals surface area contributed by atoms with Crippen LogP contribution in [-0.4, -0.2) is 8.97 Å². The summed E-state index contributed by atoms with van der Waals surface area (Å²) in [5, 5.41) is 9.77. The van der Waals surface area contributed by atoms with Gasteiger partial charge in [-0.25, -0.2) is 0 Å². The van der Waals surface area contributed by atoms with Crippen molar-refractivity contribution in [2.75, 3.05) is 4.90 Å². The highest BCUT2D eigenvalue weighted by atomic mass is 16.3. The Morgan fingerprint density at radius 3 is 1.67 bits per heavy atom. The number of para-hydroxylation sites is 6. The third kappa shape index (κ3) is 4.99. The van der Waals surface area contributed by atoms with E-state index in [-0.39, 0.29) is 0 Å². The summed E-state index contributed by atoms with van der Waals surface area (Å²) in [4.78, 5) is 2.45. The third-order valence-corrected chi connectivity index (χ3v) is 13.5. The lowest BCUT2D eigenvalue weighted by Crippen LogP contribution is -2.10. The topological polar surface area (TPSA) is 25.7 Å². The zero-order chi connectivity index (χ0) is 41.9. The molecule has 0 aliphatic carbocycles. The molecule has 64 heavy (non-hydrogen) atoms. The molecule has 0 saturated carbocycles. The lowest BCUT2D eigenvalue weighted by Gasteiger charge is -2.27. The van der Waals surface area contributed by atoms with E-state index in [0.717, 1.165) is 61.4 Å². The number of anilines is 3. The van der Waals surface area contributed by atoms with Crippen LogP contribution in [0.1, 0.15) is 0 Å². The van der Waals surface area contributed by atoms with E-state index in [1.54, 1.807) is 0 Å². The molecule has 0 aliphatic heterocycles. The number of hydrogen-bond acceptors (Lipinski definition) is 2. The Hall–Kier alpha value is -8.60. The van der Waals surface area contributed by atoms with Gasteiger partial charge in [-0.15, -0.1) is 0 Å². The molecule has 298 valence electrons. The van der Waals surface area contributed by atoms with Crippen molar-refractivity contribution in [1.82, 2.24) is 8.97 Å². The van der Waals surface area contributed by atoms with Crippen molar-refractivity contribution >= 4 is 98.9 Å². The van der Waals surface area contributed by atoms with Gasteiger partial charge < -0.3 is 18.3 Å². The van der Waals surface area contributed by atoms with Crippen LogP contribution < -0.4 is 4.90 Å². The fraction of sp³-hybridized carbons (Fsp3) is 0. The normalized spacial score (nSPS) is 12.1. The smallest absolute Gasteiger partial charge is 0.135 e. The Kier molecular flexibility index (Phi) is 7.36. The van der Waals surface area contributed by atoms with Gasteiger partial charge in [0.1, 0.15) is 11.2 Å². The summed E-state index contributed by atoms with van der Waals surface area (Å²) in [6.45, 7) is 0. The summed E-state index contributed by atoms with van der Waals surface area (Å²) in [7, 11) is 0. The summed E-state index contributed by atoms with van der Waals surface area (Å²) in [6.07, 6.45) is 0. The zero-order valence-corrected chi connectivity index (χ0v) is 34.6. The summed E-state index contributed by atoms with van der Waals surface area (Å²) in [6, 6.07) is 81.5. The number of nitrogens with zero attached hydrogens (tertiary/aromatic N) is 3. The third-order valence-electron chi connectivity index (χ3n) is 13.5. The van der Waals surface area contributed by atoms with E-state index in [9.17, 15) is 0 Å². The average molecular weight is 816 g/mol. The Morgan fingerprint density at radius 1 is 0.344 bits per heavy atom. The second kappa shape index (κ2) is 13.4. The predicted octanol–water partition coefficient (Wildman–Crippen LogP) is 16.6. The second-order valence-electron chi connectivity index (χ2n) is 16.9. The van der Waals surface area contributed by atoms with Gasteiger partial charge in [-0.05, 0) is 95.6 Å². The van der Waals surface area contributed by atoms with Crippen LogP contribution in [0.4, 0.5) is 17.1 Å². The minimum absolute atomic E-state index is 0.903. The minimum Gasteiger partial charge on any atom is -0.456 e. The fourth-order valence-corrected chi connectivity index (χ4v) is 10.7. The van der Waals surface area contributed by atoms with E-state index in [1.165, 1.54) is 65.5 Å². The molecule has 0 fully saturated rings. The summed E-state index contributed by atoms with van der Waals surface area (Å²) in [5.74, 6) is 0. The van der Waals surface area contributed by atoms with Gasteiger partial charge in [0.2, 0.25) is 0 Å². The van der Waals surface area contributed by atoms with Crippen LogP contribution in [0.2, 0.25) is 0 Å². The van der Waals surface area contributed by atoms with Gasteiger partial charge in [0.05, 0.1) is 33.3 Å². The highest BCUT2D eigenvalue weighted by molar-refractivity contribution is 6.27. The van der Waals surface area contributed by atoms with E-state index in [1.807, 2.05) is 12.1 Å². The number of fused-ring (bicyclic) bond motifs is 12. The van der Waals surface area contributed by atoms with Crippen molar-refractivity contribution in [2.45, 2.75) is 0 Å². The van der Waals surface area contributed by atoms with Gasteiger partial charge in [0.15, 0.2) is 0 Å². The van der Waals surface area contributed by atoms with Gasteiger partial charge in [0.25, 0.3) is 0 Å². The van der Waals surface area contributed by atoms with Crippen molar-refractivity contribution in [2.24, 2.45) is 0 Å². The lowest BCUT2D eigenvalue weighted by molar-refractivity contribution is 0.669. The standard InChI is InChI=1S/C60H37N3O/c1-2-13-41(14-3-1)62-52-21-8-4-15-45(52)48-20-12-19-44(59(48)62)39-27-32-43(33-28-39)61(42-30-25-38(26-31-42)40-29-36-57-51(37-40)47-17-7-11-24-56(47)64-57)55-35-34-49-46-16-5-9-22-53(46)63-54-23-10-6-18-50(54)58(55)60(49)63/h1-37H. The van der Waals surface area contributed by atoms with Crippen LogP contribution >= 0.6 is 0 Å². The predicted molar refractivity (Wildman–Crippen MR) is 268 cm³/mol. The molecule has 0 atom stereocenters. The zero-order valence-electron chi connectivity index (χ0n) is 34.6. The molecular weight excluding hydrogens is 779 g/mol. The molecule has 0 saturated heterocycles. The molecule has 0 radical (unpaired) electrons. The number of aromatic nitrogens is 2. The molecule has 4 nitrogen and oxygen atoms in total. The monoisotopic (exact) mass is 815 g/mol. The molecule has 10 aromatic carbocycles. The van der Waals surface area contributed by atoms with E-state index in [4.69, 9.17) is 4.42 Å². The number of furan rings is 1. The van der Waals surface area contributed by atoms with E-state index < -0.39 is 0 Å². The molecular formula is C60H37N3O. The molecule has 0 spiro atoms. The summed E-state index contributed by atoms with van der Waals surface area (Å²) in [5.41, 5.74) is 17.0. The molecule has 0 N–H and O–H groups in total. The van der Waals surface area contributed by atoms with Gasteiger partial charge in [0, 0.05) is 65.7 Å². The first kappa shape index (κ1) is 35.0. The molecule has 4 aromatic heterocycles. The number of hydrogen-bond donors (Lipinski definition) is 0. The van der Waals surface area contributed by atoms with Gasteiger partial charge in [-0.2, -0.15) is 0 Å². The molecule has 0 unspecified atom stereocenters. The van der Waals surface area contributed by atoms with E-state index in [2.05, 4.69) is 226 Å². The van der Waals surface area contributed by atoms with Crippen LogP contribution in [0, 0.1) is 0 Å². The van der Waals surface area contributed by atoms with Crippen LogP contribution in [0.3, 0.4) is 0 Å². The van der Waals surface area contributed by atoms with Crippen LogP contribution in [0.5, 0.6) is 0 Å². The largest absolute Gasteiger partial charge is 0.456 e. The van der Waals surface area contributed by atoms with Crippen molar-refractivity contribution in [3.8, 4) is 27.9 Å². The van der Waals surface area contributed by atoms with Gasteiger partial charge >= 0.3 is 0 Å². The van der Waals surface area contributed by atoms with Crippen molar-refractivity contribution in [3.05, 3.63) is 224 Å². The molecule has 4 heterocycles.